The third-order valence-electron chi connectivity index (χ3n) is 1.39. The summed E-state index contributed by atoms with van der Waals surface area (Å²) in [7, 11) is 3.71. The van der Waals surface area contributed by atoms with Crippen molar-refractivity contribution in [1.29, 1.82) is 0 Å². The Morgan fingerprint density at radius 2 is 2.20 bits per heavy atom. The normalized spacial score (nSPS) is 11.8. The number of rotatable bonds is 3. The molecule has 0 atom stereocenters. The topological polar surface area (TPSA) is 15.6 Å². The van der Waals surface area contributed by atoms with Gasteiger partial charge in [0.25, 0.3) is 0 Å². The lowest BCUT2D eigenvalue weighted by Gasteiger charge is -2.12. The summed E-state index contributed by atoms with van der Waals surface area (Å²) < 4.78 is 1.77. The molecule has 0 N–H and O–H groups in total. The minimum atomic E-state index is 1.03. The number of amidine groups is 1. The molecule has 0 saturated carbocycles. The van der Waals surface area contributed by atoms with E-state index in [2.05, 4.69) is 24.7 Å². The molecule has 0 aliphatic carbocycles. The van der Waals surface area contributed by atoms with E-state index in [4.69, 9.17) is 0 Å². The minimum absolute atomic E-state index is 1.03. The first-order valence-electron chi connectivity index (χ1n) is 3.60. The highest BCUT2D eigenvalue weighted by atomic mass is 32.1. The smallest absolute Gasteiger partial charge is 0.108 e. The van der Waals surface area contributed by atoms with E-state index in [0.717, 1.165) is 12.3 Å². The van der Waals surface area contributed by atoms with Crippen LogP contribution in [0, 0.1) is 0 Å². The van der Waals surface area contributed by atoms with Gasteiger partial charge in [0.05, 0.1) is 0 Å². The lowest BCUT2D eigenvalue weighted by atomic mass is 10.2. The van der Waals surface area contributed by atoms with Crippen molar-refractivity contribution in [3.8, 4) is 0 Å². The Morgan fingerprint density at radius 1 is 1.60 bits per heavy atom. The summed E-state index contributed by atoms with van der Waals surface area (Å²) in [5, 5.41) is 0. The van der Waals surface area contributed by atoms with Gasteiger partial charge < -0.3 is 4.31 Å². The lowest BCUT2D eigenvalue weighted by Crippen LogP contribution is -2.16. The molecule has 0 radical (unpaired) electrons. The number of thiol groups is 1. The molecule has 3 heteroatoms. The second-order valence-corrected chi connectivity index (χ2v) is 2.87. The largest absolute Gasteiger partial charge is 0.310 e. The maximum absolute atomic E-state index is 4.15. The van der Waals surface area contributed by atoms with Crippen LogP contribution >= 0.6 is 12.8 Å². The van der Waals surface area contributed by atoms with Gasteiger partial charge in [0, 0.05) is 20.5 Å². The number of nitrogens with zero attached hydrogens (tertiary/aromatic N) is 2. The lowest BCUT2D eigenvalue weighted by molar-refractivity contribution is 0.753. The van der Waals surface area contributed by atoms with E-state index in [-0.39, 0.29) is 0 Å². The molecule has 0 spiro atoms. The Labute approximate surface area is 68.9 Å². The fourth-order valence-electron chi connectivity index (χ4n) is 0.753. The van der Waals surface area contributed by atoms with Crippen LogP contribution in [0.5, 0.6) is 0 Å². The van der Waals surface area contributed by atoms with E-state index >= 15 is 0 Å². The standard InChI is InChI=1S/C7H16N2S/c1-4-5-6-7(8-2)9(3)10/h10H,4-6H2,1-3H3/b8-7-. The highest BCUT2D eigenvalue weighted by Crippen LogP contribution is 2.01. The van der Waals surface area contributed by atoms with E-state index in [1.54, 1.807) is 11.4 Å². The Hall–Kier alpha value is -0.180. The molecule has 0 aromatic heterocycles. The van der Waals surface area contributed by atoms with Crippen LogP contribution in [-0.2, 0) is 0 Å². The molecule has 2 nitrogen and oxygen atoms in total. The fraction of sp³-hybridized carbons (Fsp3) is 0.857. The zero-order valence-electron chi connectivity index (χ0n) is 6.96. The molecule has 0 saturated heterocycles. The van der Waals surface area contributed by atoms with E-state index in [1.165, 1.54) is 12.8 Å². The van der Waals surface area contributed by atoms with Crippen molar-refractivity contribution >= 4 is 18.7 Å². The van der Waals surface area contributed by atoms with E-state index < -0.39 is 0 Å². The maximum atomic E-state index is 4.15. The van der Waals surface area contributed by atoms with Gasteiger partial charge in [-0.15, -0.1) is 0 Å². The third-order valence-corrected chi connectivity index (χ3v) is 1.62. The number of aliphatic imine (C=N–C) groups is 1. The van der Waals surface area contributed by atoms with Gasteiger partial charge in [-0.2, -0.15) is 0 Å². The van der Waals surface area contributed by atoms with Gasteiger partial charge in [-0.05, 0) is 6.42 Å². The van der Waals surface area contributed by atoms with E-state index in [1.807, 2.05) is 7.05 Å². The molecule has 0 aliphatic rings. The van der Waals surface area contributed by atoms with Gasteiger partial charge >= 0.3 is 0 Å². The summed E-state index contributed by atoms with van der Waals surface area (Å²) in [5.74, 6) is 1.06. The molecule has 0 fully saturated rings. The molecule has 60 valence electrons. The van der Waals surface area contributed by atoms with Crippen molar-refractivity contribution in [3.05, 3.63) is 0 Å². The van der Waals surface area contributed by atoms with Crippen molar-refractivity contribution < 1.29 is 0 Å². The Morgan fingerprint density at radius 3 is 2.50 bits per heavy atom. The van der Waals surface area contributed by atoms with Gasteiger partial charge in [0.2, 0.25) is 0 Å². The van der Waals surface area contributed by atoms with Crippen LogP contribution in [0.4, 0.5) is 0 Å². The Kier molecular flexibility index (Phi) is 5.49. The number of hydrogen-bond donors (Lipinski definition) is 1. The van der Waals surface area contributed by atoms with Crippen molar-refractivity contribution in [2.24, 2.45) is 4.99 Å². The zero-order chi connectivity index (χ0) is 7.98. The van der Waals surface area contributed by atoms with E-state index in [9.17, 15) is 0 Å². The monoisotopic (exact) mass is 160 g/mol. The maximum Gasteiger partial charge on any atom is 0.108 e. The van der Waals surface area contributed by atoms with Crippen LogP contribution in [-0.4, -0.2) is 24.2 Å². The molecule has 0 bridgehead atoms. The summed E-state index contributed by atoms with van der Waals surface area (Å²) in [6, 6.07) is 0. The molecular formula is C7H16N2S. The summed E-state index contributed by atoms with van der Waals surface area (Å²) in [6.45, 7) is 2.17. The first-order valence-corrected chi connectivity index (χ1v) is 4.00. The number of hydrogen-bond acceptors (Lipinski definition) is 2. The molecule has 0 aromatic carbocycles. The molecule has 0 rings (SSSR count). The second kappa shape index (κ2) is 5.59. The van der Waals surface area contributed by atoms with Crippen LogP contribution < -0.4 is 0 Å². The average Bonchev–Trinajstić information content (AvgIpc) is 1.89. The summed E-state index contributed by atoms with van der Waals surface area (Å²) in [5.41, 5.74) is 0. The summed E-state index contributed by atoms with van der Waals surface area (Å²) in [6.07, 6.45) is 3.44. The first-order chi connectivity index (χ1) is 4.72. The molecular weight excluding hydrogens is 144 g/mol. The van der Waals surface area contributed by atoms with Gasteiger partial charge in [0.1, 0.15) is 5.84 Å². The number of unbranched alkanes of at least 4 members (excludes halogenated alkanes) is 1. The highest BCUT2D eigenvalue weighted by Gasteiger charge is 1.98. The third kappa shape index (κ3) is 3.77. The zero-order valence-corrected chi connectivity index (χ0v) is 7.86. The highest BCUT2D eigenvalue weighted by molar-refractivity contribution is 7.78. The Balaban J connectivity index is 3.63. The van der Waals surface area contributed by atoms with Crippen molar-refractivity contribution in [2.45, 2.75) is 26.2 Å². The molecule has 0 unspecified atom stereocenters. The second-order valence-electron chi connectivity index (χ2n) is 2.27. The molecule has 0 aliphatic heterocycles. The molecule has 10 heavy (non-hydrogen) atoms. The van der Waals surface area contributed by atoms with Crippen LogP contribution in [0.2, 0.25) is 0 Å². The minimum Gasteiger partial charge on any atom is -0.310 e. The summed E-state index contributed by atoms with van der Waals surface area (Å²) in [4.78, 5) is 4.09. The quantitative estimate of drug-likeness (QED) is 0.379. The van der Waals surface area contributed by atoms with Gasteiger partial charge in [0.15, 0.2) is 0 Å². The first kappa shape index (κ1) is 9.82. The van der Waals surface area contributed by atoms with Gasteiger partial charge in [-0.1, -0.05) is 26.2 Å². The molecule has 0 heterocycles. The molecule has 0 amide bonds. The van der Waals surface area contributed by atoms with Crippen LogP contribution in [0.25, 0.3) is 0 Å². The van der Waals surface area contributed by atoms with Crippen molar-refractivity contribution in [1.82, 2.24) is 4.31 Å². The SMILES string of the molecule is CCCC/C(=N/C)N(C)S. The molecule has 0 aromatic rings. The van der Waals surface area contributed by atoms with Gasteiger partial charge in [-0.25, -0.2) is 0 Å². The van der Waals surface area contributed by atoms with Crippen molar-refractivity contribution in [3.63, 3.8) is 0 Å². The predicted octanol–water partition coefficient (Wildman–Crippen LogP) is 1.98. The fourth-order valence-corrected chi connectivity index (χ4v) is 0.943. The predicted molar refractivity (Wildman–Crippen MR) is 49.6 cm³/mol. The Bertz CT molecular complexity index is 110. The average molecular weight is 160 g/mol. The van der Waals surface area contributed by atoms with E-state index in [0.29, 0.717) is 0 Å². The van der Waals surface area contributed by atoms with Crippen LogP contribution in [0.1, 0.15) is 26.2 Å². The van der Waals surface area contributed by atoms with Gasteiger partial charge in [-0.3, -0.25) is 4.99 Å². The van der Waals surface area contributed by atoms with Crippen LogP contribution in [0.15, 0.2) is 4.99 Å². The van der Waals surface area contributed by atoms with Crippen LogP contribution in [0.3, 0.4) is 0 Å². The van der Waals surface area contributed by atoms with Crippen molar-refractivity contribution in [2.75, 3.05) is 14.1 Å². The summed E-state index contributed by atoms with van der Waals surface area (Å²) >= 11 is 4.15.